The second kappa shape index (κ2) is 64.7. The average Bonchev–Trinajstić information content (AvgIpc) is 3.48. The molecule has 0 aromatic rings. The predicted molar refractivity (Wildman–Crippen MR) is 356 cm³/mol. The number of quaternary nitrogens is 1. The van der Waals surface area contributed by atoms with Gasteiger partial charge in [-0.15, -0.1) is 0 Å². The molecule has 490 valence electrons. The number of rotatable bonds is 68. The van der Waals surface area contributed by atoms with Crippen molar-refractivity contribution >= 4 is 19.8 Å². The molecule has 9 nitrogen and oxygen atoms in total. The second-order valence-electron chi connectivity index (χ2n) is 26.0. The van der Waals surface area contributed by atoms with E-state index >= 15 is 0 Å². The molecule has 0 heterocycles. The van der Waals surface area contributed by atoms with Gasteiger partial charge in [0, 0.05) is 12.8 Å². The topological polar surface area (TPSA) is 111 Å². The van der Waals surface area contributed by atoms with Gasteiger partial charge in [-0.2, -0.15) is 0 Å². The quantitative estimate of drug-likeness (QED) is 0.0195. The fourth-order valence-electron chi connectivity index (χ4n) is 10.8. The molecule has 0 N–H and O–H groups in total. The molecule has 0 bridgehead atoms. The summed E-state index contributed by atoms with van der Waals surface area (Å²) in [6.07, 6.45) is 82.4. The van der Waals surface area contributed by atoms with Crippen molar-refractivity contribution < 1.29 is 42.1 Å². The third kappa shape index (κ3) is 69.2. The number of hydrogen-bond donors (Lipinski definition) is 0. The van der Waals surface area contributed by atoms with E-state index in [1.165, 1.54) is 276 Å². The van der Waals surface area contributed by atoms with Crippen molar-refractivity contribution in [2.45, 2.75) is 373 Å². The van der Waals surface area contributed by atoms with Crippen LogP contribution in [0, 0.1) is 0 Å². The molecule has 0 fully saturated rings. The van der Waals surface area contributed by atoms with E-state index in [4.69, 9.17) is 18.5 Å². The summed E-state index contributed by atoms with van der Waals surface area (Å²) in [5, 5.41) is 0. The molecule has 0 spiro atoms. The van der Waals surface area contributed by atoms with Crippen molar-refractivity contribution in [2.24, 2.45) is 0 Å². The van der Waals surface area contributed by atoms with Crippen LogP contribution < -0.4 is 4.89 Å². The van der Waals surface area contributed by atoms with E-state index in [9.17, 15) is 19.0 Å². The highest BCUT2D eigenvalue weighted by atomic mass is 31.2. The Labute approximate surface area is 516 Å². The normalized spacial score (nSPS) is 13.3. The zero-order chi connectivity index (χ0) is 60.5. The number of likely N-dealkylation sites (N-methyl/N-ethyl adjacent to an activating group) is 1. The molecule has 10 heteroatoms. The monoisotopic (exact) mass is 1190 g/mol. The summed E-state index contributed by atoms with van der Waals surface area (Å²) in [7, 11) is 1.18. The van der Waals surface area contributed by atoms with E-state index in [0.717, 1.165) is 57.8 Å². The average molecular weight is 1190 g/mol. The summed E-state index contributed by atoms with van der Waals surface area (Å²) in [4.78, 5) is 38.1. The van der Waals surface area contributed by atoms with Crippen LogP contribution in [0.4, 0.5) is 0 Å². The fraction of sp³-hybridized carbons (Fsp3) is 0.890. The molecule has 2 unspecified atom stereocenters. The third-order valence-corrected chi connectivity index (χ3v) is 17.4. The molecule has 0 aromatic heterocycles. The lowest BCUT2D eigenvalue weighted by Gasteiger charge is -2.28. The number of carbonyl (C=O) groups excluding carboxylic acids is 2. The molecule has 0 aromatic carbocycles. The van der Waals surface area contributed by atoms with Gasteiger partial charge < -0.3 is 27.9 Å². The number of ether oxygens (including phenoxy) is 2. The van der Waals surface area contributed by atoms with Crippen molar-refractivity contribution in [1.29, 1.82) is 0 Å². The maximum Gasteiger partial charge on any atom is 0.306 e. The highest BCUT2D eigenvalue weighted by molar-refractivity contribution is 7.45. The standard InChI is InChI=1S/C73H140NO8P/c1-6-8-10-12-14-16-18-20-22-24-26-28-30-32-33-34-35-36-37-38-39-40-42-43-45-47-49-51-53-55-57-59-61-63-65-72(75)79-69-71(70-81-83(77,78)80-68-67-74(3,4)5)82-73(76)66-64-62-60-58-56-54-52-50-48-46-44-41-31-29-27-25-23-21-19-17-15-13-11-9-7-2/h19,21,25,27,31,41,71H,6-18,20,22-24,26,28-30,32-40,42-70H2,1-5H3/b21-19-,27-25-,41-31-. The van der Waals surface area contributed by atoms with Crippen molar-refractivity contribution in [3.63, 3.8) is 0 Å². The second-order valence-corrected chi connectivity index (χ2v) is 27.4. The van der Waals surface area contributed by atoms with Gasteiger partial charge in [0.05, 0.1) is 27.7 Å². The summed E-state index contributed by atoms with van der Waals surface area (Å²) in [5.74, 6) is -0.819. The Morgan fingerprint density at radius 2 is 0.651 bits per heavy atom. The van der Waals surface area contributed by atoms with Gasteiger partial charge in [0.1, 0.15) is 19.8 Å². The van der Waals surface area contributed by atoms with Crippen molar-refractivity contribution in [1.82, 2.24) is 0 Å². The summed E-state index contributed by atoms with van der Waals surface area (Å²) >= 11 is 0. The van der Waals surface area contributed by atoms with Crippen LogP contribution in [-0.2, 0) is 32.7 Å². The van der Waals surface area contributed by atoms with E-state index in [2.05, 4.69) is 50.3 Å². The van der Waals surface area contributed by atoms with Gasteiger partial charge in [0.15, 0.2) is 6.10 Å². The largest absolute Gasteiger partial charge is 0.756 e. The Balaban J connectivity index is 3.96. The Morgan fingerprint density at radius 3 is 0.964 bits per heavy atom. The lowest BCUT2D eigenvalue weighted by atomic mass is 10.0. The first-order valence-electron chi connectivity index (χ1n) is 36.2. The highest BCUT2D eigenvalue weighted by Gasteiger charge is 2.22. The SMILES string of the molecule is CCCCCCC/C=C\C/C=C\C/C=C\CCCCCCCCCCCCC(=O)OC(COC(=O)CCCCCCCCCCCCCCCCCCCCCCCCCCCCCCCCCCCC)COP(=O)([O-])OCC[N+](C)(C)C. The number of allylic oxidation sites excluding steroid dienone is 6. The lowest BCUT2D eigenvalue weighted by molar-refractivity contribution is -0.870. The number of nitrogens with zero attached hydrogens (tertiary/aromatic N) is 1. The maximum absolute atomic E-state index is 12.9. The number of hydrogen-bond acceptors (Lipinski definition) is 8. The van der Waals surface area contributed by atoms with Gasteiger partial charge >= 0.3 is 11.9 Å². The Hall–Kier alpha value is -1.77. The van der Waals surface area contributed by atoms with Crippen molar-refractivity contribution in [2.75, 3.05) is 47.5 Å². The van der Waals surface area contributed by atoms with Gasteiger partial charge in [-0.1, -0.05) is 339 Å². The molecule has 2 atom stereocenters. The minimum atomic E-state index is -4.64. The molecule has 0 rings (SSSR count). The van der Waals surface area contributed by atoms with Crippen LogP contribution in [0.25, 0.3) is 0 Å². The van der Waals surface area contributed by atoms with Crippen LogP contribution in [0.3, 0.4) is 0 Å². The third-order valence-electron chi connectivity index (χ3n) is 16.4. The van der Waals surface area contributed by atoms with Gasteiger partial charge in [-0.05, 0) is 51.4 Å². The van der Waals surface area contributed by atoms with E-state index in [0.29, 0.717) is 17.4 Å². The number of unbranched alkanes of at least 4 members (excludes halogenated alkanes) is 48. The molecule has 0 aliphatic rings. The highest BCUT2D eigenvalue weighted by Crippen LogP contribution is 2.38. The number of phosphoric acid groups is 1. The van der Waals surface area contributed by atoms with Gasteiger partial charge in [-0.3, -0.25) is 14.2 Å². The Morgan fingerprint density at radius 1 is 0.373 bits per heavy atom. The van der Waals surface area contributed by atoms with Crippen LogP contribution in [0.15, 0.2) is 36.5 Å². The van der Waals surface area contributed by atoms with Crippen LogP contribution in [-0.4, -0.2) is 70.0 Å². The molecular weight excluding hydrogens is 1050 g/mol. The van der Waals surface area contributed by atoms with Gasteiger partial charge in [0.25, 0.3) is 7.82 Å². The van der Waals surface area contributed by atoms with Gasteiger partial charge in [-0.25, -0.2) is 0 Å². The minimum absolute atomic E-state index is 0.0299. The van der Waals surface area contributed by atoms with Crippen LogP contribution in [0.2, 0.25) is 0 Å². The first kappa shape index (κ1) is 81.2. The minimum Gasteiger partial charge on any atom is -0.756 e. The van der Waals surface area contributed by atoms with Crippen molar-refractivity contribution in [3.8, 4) is 0 Å². The molecule has 0 radical (unpaired) electrons. The number of esters is 2. The predicted octanol–water partition coefficient (Wildman–Crippen LogP) is 22.8. The number of carbonyl (C=O) groups is 2. The molecule has 0 aliphatic heterocycles. The molecular formula is C73H140NO8P. The summed E-state index contributed by atoms with van der Waals surface area (Å²) in [5.41, 5.74) is 0. The summed E-state index contributed by atoms with van der Waals surface area (Å²) in [6.45, 7) is 4.29. The van der Waals surface area contributed by atoms with Crippen LogP contribution >= 0.6 is 7.82 Å². The Kier molecular flexibility index (Phi) is 63.3. The molecule has 83 heavy (non-hydrogen) atoms. The number of phosphoric ester groups is 1. The summed E-state index contributed by atoms with van der Waals surface area (Å²) in [6, 6.07) is 0. The molecule has 0 amide bonds. The van der Waals surface area contributed by atoms with Crippen LogP contribution in [0.5, 0.6) is 0 Å². The van der Waals surface area contributed by atoms with E-state index in [-0.39, 0.29) is 32.0 Å². The van der Waals surface area contributed by atoms with Crippen molar-refractivity contribution in [3.05, 3.63) is 36.5 Å². The Bertz CT molecular complexity index is 1490. The maximum atomic E-state index is 12.9. The summed E-state index contributed by atoms with van der Waals surface area (Å²) < 4.78 is 34.3. The van der Waals surface area contributed by atoms with Crippen LogP contribution in [0.1, 0.15) is 367 Å². The van der Waals surface area contributed by atoms with E-state index < -0.39 is 26.5 Å². The smallest absolute Gasteiger partial charge is 0.306 e. The van der Waals surface area contributed by atoms with Gasteiger partial charge in [0.2, 0.25) is 0 Å². The lowest BCUT2D eigenvalue weighted by Crippen LogP contribution is -2.37. The van der Waals surface area contributed by atoms with E-state index in [1.807, 2.05) is 21.1 Å². The first-order valence-corrected chi connectivity index (χ1v) is 37.7. The zero-order valence-corrected chi connectivity index (χ0v) is 56.8. The fourth-order valence-corrected chi connectivity index (χ4v) is 11.6. The molecule has 0 aliphatic carbocycles. The zero-order valence-electron chi connectivity index (χ0n) is 55.9. The molecule has 0 saturated carbocycles. The van der Waals surface area contributed by atoms with E-state index in [1.54, 1.807) is 0 Å². The first-order chi connectivity index (χ1) is 40.5. The molecule has 0 saturated heterocycles.